The highest BCUT2D eigenvalue weighted by atomic mass is 16.6. The summed E-state index contributed by atoms with van der Waals surface area (Å²) in [6.07, 6.45) is 10.5. The van der Waals surface area contributed by atoms with Gasteiger partial charge in [0.15, 0.2) is 0 Å². The van der Waals surface area contributed by atoms with Gasteiger partial charge < -0.3 is 42.6 Å². The van der Waals surface area contributed by atoms with Crippen LogP contribution in [0.4, 0.5) is 0 Å². The van der Waals surface area contributed by atoms with E-state index in [1.165, 1.54) is 57.4 Å². The standard InChI is InChI=1S/C33H58O10/c1-3-4-5-6-7-8-9-10-32-11-13-33(14-12-32)43-30-28-41-26-24-39-22-20-37-18-16-35-15-17-36-19-21-38-23-25-40-27-29-42-31(2)34/h11-14H,3-10,15-30H2,1-2H3. The highest BCUT2D eigenvalue weighted by Crippen LogP contribution is 2.15. The van der Waals surface area contributed by atoms with E-state index < -0.39 is 0 Å². The van der Waals surface area contributed by atoms with Gasteiger partial charge in [-0.25, -0.2) is 0 Å². The third-order valence-electron chi connectivity index (χ3n) is 6.25. The number of unbranched alkanes of at least 4 members (excludes halogenated alkanes) is 6. The molecule has 0 saturated heterocycles. The number of carbonyl (C=O) groups excluding carboxylic acids is 1. The number of esters is 1. The van der Waals surface area contributed by atoms with E-state index in [0.717, 1.165) is 12.2 Å². The lowest BCUT2D eigenvalue weighted by Crippen LogP contribution is -2.15. The number of ether oxygens (including phenoxy) is 9. The summed E-state index contributed by atoms with van der Waals surface area (Å²) in [4.78, 5) is 10.6. The van der Waals surface area contributed by atoms with Crippen molar-refractivity contribution >= 4 is 5.97 Å². The Morgan fingerprint density at radius 1 is 0.488 bits per heavy atom. The van der Waals surface area contributed by atoms with Crippen molar-refractivity contribution < 1.29 is 47.4 Å². The van der Waals surface area contributed by atoms with E-state index in [0.29, 0.717) is 99.1 Å². The summed E-state index contributed by atoms with van der Waals surface area (Å²) in [5.41, 5.74) is 1.38. The molecule has 43 heavy (non-hydrogen) atoms. The topological polar surface area (TPSA) is 100 Å². The Hall–Kier alpha value is -1.79. The molecule has 0 aliphatic carbocycles. The fourth-order valence-electron chi connectivity index (χ4n) is 3.92. The molecule has 0 fully saturated rings. The van der Waals surface area contributed by atoms with Gasteiger partial charge in [0.05, 0.1) is 92.5 Å². The molecule has 0 radical (unpaired) electrons. The number of carbonyl (C=O) groups is 1. The van der Waals surface area contributed by atoms with E-state index in [1.54, 1.807) is 0 Å². The van der Waals surface area contributed by atoms with E-state index in [1.807, 2.05) is 0 Å². The summed E-state index contributed by atoms with van der Waals surface area (Å²) in [6, 6.07) is 8.44. The lowest BCUT2D eigenvalue weighted by Gasteiger charge is -2.09. The maximum atomic E-state index is 10.6. The molecule has 1 aromatic rings. The zero-order valence-electron chi connectivity index (χ0n) is 26.9. The zero-order valence-corrected chi connectivity index (χ0v) is 26.9. The molecule has 1 aromatic carbocycles. The molecule has 0 spiro atoms. The first-order chi connectivity index (χ1) is 21.2. The van der Waals surface area contributed by atoms with Crippen LogP contribution in [0.2, 0.25) is 0 Å². The van der Waals surface area contributed by atoms with Crippen molar-refractivity contribution in [2.45, 2.75) is 65.2 Å². The largest absolute Gasteiger partial charge is 0.491 e. The van der Waals surface area contributed by atoms with Crippen LogP contribution in [0.1, 0.15) is 64.4 Å². The number of aryl methyl sites for hydroxylation is 1. The van der Waals surface area contributed by atoms with Crippen molar-refractivity contribution in [3.8, 4) is 5.75 Å². The SMILES string of the molecule is CCCCCCCCCc1ccc(OCCOCCOCCOCCOCCOCCOCCOCCOC(C)=O)cc1. The summed E-state index contributed by atoms with van der Waals surface area (Å²) in [6.45, 7) is 11.3. The highest BCUT2D eigenvalue weighted by Gasteiger charge is 1.99. The van der Waals surface area contributed by atoms with Crippen LogP contribution >= 0.6 is 0 Å². The van der Waals surface area contributed by atoms with Crippen LogP contribution < -0.4 is 4.74 Å². The van der Waals surface area contributed by atoms with Gasteiger partial charge in [-0.2, -0.15) is 0 Å². The molecular weight excluding hydrogens is 556 g/mol. The van der Waals surface area contributed by atoms with Crippen LogP contribution in [0.25, 0.3) is 0 Å². The summed E-state index contributed by atoms with van der Waals surface area (Å²) in [5.74, 6) is 0.579. The van der Waals surface area contributed by atoms with Crippen LogP contribution in [0.5, 0.6) is 5.75 Å². The quantitative estimate of drug-likeness (QED) is 0.0791. The third kappa shape index (κ3) is 28.7. The molecule has 0 aliphatic rings. The van der Waals surface area contributed by atoms with Crippen molar-refractivity contribution in [2.24, 2.45) is 0 Å². The summed E-state index contributed by atoms with van der Waals surface area (Å²) >= 11 is 0. The molecule has 0 amide bonds. The Bertz CT molecular complexity index is 716. The maximum absolute atomic E-state index is 10.6. The lowest BCUT2D eigenvalue weighted by atomic mass is 10.0. The summed E-state index contributed by atoms with van der Waals surface area (Å²) in [5, 5.41) is 0. The Morgan fingerprint density at radius 3 is 1.28 bits per heavy atom. The van der Waals surface area contributed by atoms with Gasteiger partial charge >= 0.3 is 5.97 Å². The number of hydrogen-bond donors (Lipinski definition) is 0. The fourth-order valence-corrected chi connectivity index (χ4v) is 3.92. The average molecular weight is 615 g/mol. The van der Waals surface area contributed by atoms with Crippen LogP contribution in [0.3, 0.4) is 0 Å². The van der Waals surface area contributed by atoms with Gasteiger partial charge in [0.25, 0.3) is 0 Å². The number of rotatable bonds is 33. The third-order valence-corrected chi connectivity index (χ3v) is 6.25. The summed E-state index contributed by atoms with van der Waals surface area (Å²) in [7, 11) is 0. The molecule has 0 saturated carbocycles. The molecule has 250 valence electrons. The molecule has 0 atom stereocenters. The second-order valence-electron chi connectivity index (χ2n) is 9.99. The van der Waals surface area contributed by atoms with Gasteiger partial charge in [-0.05, 0) is 30.5 Å². The van der Waals surface area contributed by atoms with Crippen LogP contribution in [0, 0.1) is 0 Å². The van der Waals surface area contributed by atoms with Crippen molar-refractivity contribution in [2.75, 3.05) is 106 Å². The van der Waals surface area contributed by atoms with Crippen molar-refractivity contribution in [1.29, 1.82) is 0 Å². The minimum Gasteiger partial charge on any atom is -0.491 e. The van der Waals surface area contributed by atoms with Gasteiger partial charge in [0.2, 0.25) is 0 Å². The van der Waals surface area contributed by atoms with Gasteiger partial charge in [0.1, 0.15) is 19.0 Å². The van der Waals surface area contributed by atoms with Crippen molar-refractivity contribution in [3.05, 3.63) is 29.8 Å². The van der Waals surface area contributed by atoms with Crippen molar-refractivity contribution in [1.82, 2.24) is 0 Å². The Morgan fingerprint density at radius 2 is 0.860 bits per heavy atom. The van der Waals surface area contributed by atoms with E-state index in [-0.39, 0.29) is 12.6 Å². The van der Waals surface area contributed by atoms with E-state index in [4.69, 9.17) is 42.6 Å². The number of benzene rings is 1. The predicted octanol–water partition coefficient (Wildman–Crippen LogP) is 5.04. The molecule has 10 nitrogen and oxygen atoms in total. The van der Waals surface area contributed by atoms with E-state index in [9.17, 15) is 4.79 Å². The molecule has 0 aromatic heterocycles. The molecule has 0 aliphatic heterocycles. The average Bonchev–Trinajstić information content (AvgIpc) is 3.01. The van der Waals surface area contributed by atoms with Gasteiger partial charge in [0, 0.05) is 6.92 Å². The molecule has 1 rings (SSSR count). The molecular formula is C33H58O10. The molecule has 10 heteroatoms. The summed E-state index contributed by atoms with van der Waals surface area (Å²) < 4.78 is 48.7. The van der Waals surface area contributed by atoms with Crippen LogP contribution in [-0.2, 0) is 49.1 Å². The van der Waals surface area contributed by atoms with Gasteiger partial charge in [-0.15, -0.1) is 0 Å². The normalized spacial score (nSPS) is 11.2. The van der Waals surface area contributed by atoms with Gasteiger partial charge in [-0.3, -0.25) is 4.79 Å². The Balaban J connectivity index is 1.74. The molecule has 0 bridgehead atoms. The van der Waals surface area contributed by atoms with E-state index in [2.05, 4.69) is 31.2 Å². The molecule has 0 N–H and O–H groups in total. The fraction of sp³-hybridized carbons (Fsp3) is 0.788. The minimum atomic E-state index is -0.306. The smallest absolute Gasteiger partial charge is 0.302 e. The predicted molar refractivity (Wildman–Crippen MR) is 166 cm³/mol. The van der Waals surface area contributed by atoms with Crippen LogP contribution in [-0.4, -0.2) is 112 Å². The second-order valence-corrected chi connectivity index (χ2v) is 9.99. The van der Waals surface area contributed by atoms with Crippen molar-refractivity contribution in [3.63, 3.8) is 0 Å². The zero-order chi connectivity index (χ0) is 30.9. The molecule has 0 heterocycles. The van der Waals surface area contributed by atoms with Gasteiger partial charge in [-0.1, -0.05) is 57.6 Å². The minimum absolute atomic E-state index is 0.263. The maximum Gasteiger partial charge on any atom is 0.302 e. The first-order valence-corrected chi connectivity index (χ1v) is 16.1. The lowest BCUT2D eigenvalue weighted by molar-refractivity contribution is -0.142. The Kier molecular flexibility index (Phi) is 28.9. The highest BCUT2D eigenvalue weighted by molar-refractivity contribution is 5.65. The molecule has 0 unspecified atom stereocenters. The Labute approximate surface area is 259 Å². The van der Waals surface area contributed by atoms with Crippen LogP contribution in [0.15, 0.2) is 24.3 Å². The second kappa shape index (κ2) is 31.6. The monoisotopic (exact) mass is 614 g/mol. The number of hydrogen-bond acceptors (Lipinski definition) is 10. The first-order valence-electron chi connectivity index (χ1n) is 16.1. The first kappa shape index (κ1) is 39.2. The van der Waals surface area contributed by atoms with E-state index >= 15 is 0 Å².